The number of hydrogen-bond acceptors (Lipinski definition) is 7. The molecule has 0 unspecified atom stereocenters. The Morgan fingerprint density at radius 1 is 0.744 bits per heavy atom. The minimum atomic E-state index is -0.220. The number of rotatable bonds is 7. The topological polar surface area (TPSA) is 73.2 Å². The second-order valence-corrected chi connectivity index (χ2v) is 10.0. The van der Waals surface area contributed by atoms with Crippen LogP contribution in [0.15, 0.2) is 65.5 Å². The van der Waals surface area contributed by atoms with Gasteiger partial charge in [0, 0.05) is 54.9 Å². The van der Waals surface area contributed by atoms with E-state index in [0.717, 1.165) is 38.5 Å². The van der Waals surface area contributed by atoms with Crippen molar-refractivity contribution in [2.75, 3.05) is 60.6 Å². The molecule has 4 aromatic rings. The van der Waals surface area contributed by atoms with Gasteiger partial charge in [-0.3, -0.25) is 19.1 Å². The van der Waals surface area contributed by atoms with Gasteiger partial charge in [0.1, 0.15) is 23.9 Å². The van der Waals surface area contributed by atoms with Crippen molar-refractivity contribution >= 4 is 16.6 Å². The minimum absolute atomic E-state index is 0.133. The van der Waals surface area contributed by atoms with E-state index < -0.39 is 0 Å². The molecule has 0 spiro atoms. The highest BCUT2D eigenvalue weighted by Crippen LogP contribution is 2.42. The number of ketones is 1. The number of aromatic nitrogens is 1. The lowest BCUT2D eigenvalue weighted by Crippen LogP contribution is -2.45. The van der Waals surface area contributed by atoms with Gasteiger partial charge in [-0.05, 0) is 67.7 Å². The van der Waals surface area contributed by atoms with Crippen molar-refractivity contribution in [2.45, 2.75) is 0 Å². The van der Waals surface area contributed by atoms with E-state index in [4.69, 9.17) is 14.2 Å². The van der Waals surface area contributed by atoms with Gasteiger partial charge < -0.3 is 19.1 Å². The highest BCUT2D eigenvalue weighted by molar-refractivity contribution is 6.27. The Bertz CT molecular complexity index is 1620. The van der Waals surface area contributed by atoms with E-state index in [1.165, 1.54) is 0 Å². The average molecular weight is 526 g/mol. The number of piperazine rings is 1. The van der Waals surface area contributed by atoms with Crippen LogP contribution in [0.5, 0.6) is 17.2 Å². The summed E-state index contributed by atoms with van der Waals surface area (Å²) in [7, 11) is 5.27. The average Bonchev–Trinajstić information content (AvgIpc) is 3.26. The van der Waals surface area contributed by atoms with Gasteiger partial charge in [0.05, 0.1) is 30.9 Å². The van der Waals surface area contributed by atoms with Crippen LogP contribution in [-0.4, -0.2) is 80.7 Å². The second kappa shape index (κ2) is 10.2. The van der Waals surface area contributed by atoms with Crippen molar-refractivity contribution in [1.29, 1.82) is 0 Å². The summed E-state index contributed by atoms with van der Waals surface area (Å²) in [6.45, 7) is 5.71. The smallest absolute Gasteiger partial charge is 0.263 e. The molecule has 0 atom stereocenters. The van der Waals surface area contributed by atoms with Crippen LogP contribution in [0.4, 0.5) is 0 Å². The van der Waals surface area contributed by atoms with Crippen LogP contribution in [-0.2, 0) is 0 Å². The van der Waals surface area contributed by atoms with Gasteiger partial charge in [0.2, 0.25) is 0 Å². The van der Waals surface area contributed by atoms with Crippen molar-refractivity contribution in [3.05, 3.63) is 82.1 Å². The van der Waals surface area contributed by atoms with Crippen LogP contribution >= 0.6 is 0 Å². The number of carbonyl (C=O) groups excluding carboxylic acids is 1. The molecule has 0 N–H and O–H groups in total. The van der Waals surface area contributed by atoms with E-state index in [1.807, 2.05) is 36.4 Å². The maximum atomic E-state index is 14.0. The number of ether oxygens (including phenoxy) is 3. The molecule has 39 heavy (non-hydrogen) atoms. The van der Waals surface area contributed by atoms with Crippen molar-refractivity contribution in [2.24, 2.45) is 0 Å². The van der Waals surface area contributed by atoms with Crippen molar-refractivity contribution in [3.63, 3.8) is 0 Å². The molecule has 0 radical (unpaired) electrons. The third-order valence-electron chi connectivity index (χ3n) is 7.71. The zero-order valence-corrected chi connectivity index (χ0v) is 22.4. The van der Waals surface area contributed by atoms with E-state index in [-0.39, 0.29) is 11.3 Å². The Kier molecular flexibility index (Phi) is 6.58. The molecular formula is C31H31N3O5. The van der Waals surface area contributed by atoms with Gasteiger partial charge >= 0.3 is 0 Å². The molecule has 0 amide bonds. The van der Waals surface area contributed by atoms with Crippen LogP contribution in [0.1, 0.15) is 15.9 Å². The van der Waals surface area contributed by atoms with Gasteiger partial charge in [0.15, 0.2) is 5.78 Å². The number of benzene rings is 3. The van der Waals surface area contributed by atoms with Crippen LogP contribution in [0.3, 0.4) is 0 Å². The molecule has 0 saturated carbocycles. The highest BCUT2D eigenvalue weighted by Gasteiger charge is 2.33. The largest absolute Gasteiger partial charge is 0.497 e. The molecule has 2 heterocycles. The number of nitrogens with zero attached hydrogens (tertiary/aromatic N) is 3. The lowest BCUT2D eigenvalue weighted by molar-refractivity contribution is 0.104. The van der Waals surface area contributed by atoms with Crippen molar-refractivity contribution in [1.82, 2.24) is 14.4 Å². The Labute approximate surface area is 226 Å². The third-order valence-corrected chi connectivity index (χ3v) is 7.71. The van der Waals surface area contributed by atoms with Gasteiger partial charge in [-0.25, -0.2) is 0 Å². The number of carbonyl (C=O) groups is 1. The Hall–Kier alpha value is -4.14. The quantitative estimate of drug-likeness (QED) is 0.320. The molecule has 0 bridgehead atoms. The summed E-state index contributed by atoms with van der Waals surface area (Å²) in [6.07, 6.45) is 0. The molecule has 1 aliphatic carbocycles. The zero-order valence-electron chi connectivity index (χ0n) is 22.4. The molecule has 1 saturated heterocycles. The van der Waals surface area contributed by atoms with Gasteiger partial charge in [-0.1, -0.05) is 0 Å². The van der Waals surface area contributed by atoms with Gasteiger partial charge in [0.25, 0.3) is 5.56 Å². The normalized spacial score (nSPS) is 15.3. The van der Waals surface area contributed by atoms with E-state index >= 15 is 0 Å². The molecule has 8 heteroatoms. The molecular weight excluding hydrogens is 494 g/mol. The summed E-state index contributed by atoms with van der Waals surface area (Å²) >= 11 is 0. The Balaban J connectivity index is 1.39. The lowest BCUT2D eigenvalue weighted by Gasteiger charge is -2.32. The monoisotopic (exact) mass is 525 g/mol. The maximum Gasteiger partial charge on any atom is 0.263 e. The molecule has 8 nitrogen and oxygen atoms in total. The van der Waals surface area contributed by atoms with Gasteiger partial charge in [-0.2, -0.15) is 0 Å². The first-order valence-corrected chi connectivity index (χ1v) is 13.1. The summed E-state index contributed by atoms with van der Waals surface area (Å²) in [5, 5.41) is 1.03. The molecule has 1 aromatic heterocycles. The fraction of sp³-hybridized carbons (Fsp3) is 0.290. The number of pyridine rings is 1. The van der Waals surface area contributed by atoms with Crippen LogP contribution < -0.4 is 19.8 Å². The number of fused-ring (bicyclic) bond motifs is 5. The maximum absolute atomic E-state index is 14.0. The predicted molar refractivity (Wildman–Crippen MR) is 151 cm³/mol. The number of methoxy groups -OCH3 is 2. The first-order valence-electron chi connectivity index (χ1n) is 13.1. The van der Waals surface area contributed by atoms with Crippen molar-refractivity contribution < 1.29 is 19.0 Å². The lowest BCUT2D eigenvalue weighted by atomic mass is 10.0. The fourth-order valence-electron chi connectivity index (χ4n) is 5.47. The Morgan fingerprint density at radius 3 is 2.13 bits per heavy atom. The van der Waals surface area contributed by atoms with E-state index in [1.54, 1.807) is 43.1 Å². The number of likely N-dealkylation sites (N-methyl/N-ethyl adjacent to an activating group) is 1. The molecule has 6 rings (SSSR count). The molecule has 1 fully saturated rings. The highest BCUT2D eigenvalue weighted by atomic mass is 16.5. The summed E-state index contributed by atoms with van der Waals surface area (Å²) in [5.74, 6) is 1.75. The standard InChI is InChI=1S/C31H31N3O5/c1-32-12-14-33(15-13-32)16-17-39-21-6-4-20(5-7-21)34-29-25-11-9-22(37-2)18-26(25)30(35)28(29)24-10-8-23(38-3)19-27(24)31(34)36/h4-11,18-19H,12-17H2,1-3H3. The second-order valence-electron chi connectivity index (χ2n) is 10.0. The van der Waals surface area contributed by atoms with E-state index in [0.29, 0.717) is 57.0 Å². The van der Waals surface area contributed by atoms with Crippen LogP contribution in [0.2, 0.25) is 0 Å². The molecule has 3 aromatic carbocycles. The van der Waals surface area contributed by atoms with Crippen LogP contribution in [0.25, 0.3) is 27.7 Å². The molecule has 200 valence electrons. The summed E-state index contributed by atoms with van der Waals surface area (Å²) in [4.78, 5) is 32.4. The van der Waals surface area contributed by atoms with Crippen LogP contribution in [0, 0.1) is 0 Å². The van der Waals surface area contributed by atoms with E-state index in [2.05, 4.69) is 16.8 Å². The first kappa shape index (κ1) is 25.2. The SMILES string of the molecule is COc1ccc2c(c1)C(=O)c1c-2n(-c2ccc(OCCN3CCN(C)CC3)cc2)c(=O)c2cc(OC)ccc12. The van der Waals surface area contributed by atoms with E-state index in [9.17, 15) is 9.59 Å². The summed E-state index contributed by atoms with van der Waals surface area (Å²) < 4.78 is 18.4. The van der Waals surface area contributed by atoms with Crippen molar-refractivity contribution in [3.8, 4) is 34.2 Å². The third kappa shape index (κ3) is 4.45. The fourth-order valence-corrected chi connectivity index (χ4v) is 5.47. The predicted octanol–water partition coefficient (Wildman–Crippen LogP) is 3.85. The minimum Gasteiger partial charge on any atom is -0.497 e. The first-order chi connectivity index (χ1) is 19.0. The molecule has 2 aliphatic rings. The Morgan fingerprint density at radius 2 is 1.41 bits per heavy atom. The summed E-state index contributed by atoms with van der Waals surface area (Å²) in [6, 6.07) is 18.1. The van der Waals surface area contributed by atoms with Gasteiger partial charge in [-0.15, -0.1) is 0 Å². The summed E-state index contributed by atoms with van der Waals surface area (Å²) in [5.41, 5.74) is 2.75. The number of hydrogen-bond donors (Lipinski definition) is 0. The zero-order chi connectivity index (χ0) is 27.1. The molecule has 1 aliphatic heterocycles.